The topological polar surface area (TPSA) is 39.6 Å². The lowest BCUT2D eigenvalue weighted by Gasteiger charge is -2.17. The van der Waals surface area contributed by atoms with E-state index in [1.165, 1.54) is 0 Å². The highest BCUT2D eigenvalue weighted by molar-refractivity contribution is 9.10. The second kappa shape index (κ2) is 2.81. The van der Waals surface area contributed by atoms with Crippen molar-refractivity contribution in [3.63, 3.8) is 0 Å². The molecule has 76 valence electrons. The molecule has 0 saturated carbocycles. The van der Waals surface area contributed by atoms with Gasteiger partial charge >= 0.3 is 0 Å². The molecule has 0 aromatic carbocycles. The smallest absolute Gasteiger partial charge is 0.193 e. The zero-order valence-electron chi connectivity index (χ0n) is 7.86. The van der Waals surface area contributed by atoms with Gasteiger partial charge in [-0.3, -0.25) is 4.68 Å². The Bertz CT molecular complexity index is 359. The van der Waals surface area contributed by atoms with Gasteiger partial charge in [-0.1, -0.05) is 0 Å². The van der Waals surface area contributed by atoms with Crippen molar-refractivity contribution in [1.29, 1.82) is 0 Å². The summed E-state index contributed by atoms with van der Waals surface area (Å²) in [5.41, 5.74) is 0.879. The van der Waals surface area contributed by atoms with Crippen molar-refractivity contribution in [3.8, 4) is 0 Å². The fourth-order valence-electron chi connectivity index (χ4n) is 2.20. The molecule has 2 fully saturated rings. The average Bonchev–Trinajstić information content (AvgIpc) is 2.81. The Hall–Kier alpha value is -0.390. The molecule has 2 saturated heterocycles. The number of halogens is 1. The molecule has 3 heterocycles. The maximum Gasteiger partial charge on any atom is 0.193 e. The first kappa shape index (κ1) is 8.88. The predicted molar refractivity (Wildman–Crippen MR) is 52.6 cm³/mol. The van der Waals surface area contributed by atoms with Gasteiger partial charge in [0.25, 0.3) is 0 Å². The van der Waals surface area contributed by atoms with E-state index in [0.29, 0.717) is 0 Å². The van der Waals surface area contributed by atoms with Gasteiger partial charge in [0.1, 0.15) is 0 Å². The molecule has 0 spiro atoms. The first-order valence-electron chi connectivity index (χ1n) is 4.71. The molecule has 2 aliphatic heterocycles. The lowest BCUT2D eigenvalue weighted by atomic mass is 9.97. The van der Waals surface area contributed by atoms with E-state index in [2.05, 4.69) is 21.0 Å². The molecule has 5 heteroatoms. The maximum absolute atomic E-state index is 5.66. The largest absolute Gasteiger partial charge is 0.349 e. The van der Waals surface area contributed by atoms with Gasteiger partial charge < -0.3 is 9.47 Å². The van der Waals surface area contributed by atoms with E-state index in [1.807, 2.05) is 11.7 Å². The van der Waals surface area contributed by atoms with Crippen molar-refractivity contribution in [2.45, 2.75) is 24.7 Å². The number of aromatic nitrogens is 2. The molecule has 2 aliphatic rings. The van der Waals surface area contributed by atoms with Crippen LogP contribution < -0.4 is 0 Å². The third-order valence-corrected chi connectivity index (χ3v) is 3.48. The zero-order chi connectivity index (χ0) is 9.76. The number of rotatable bonds is 1. The minimum absolute atomic E-state index is 0.0528. The fraction of sp³-hybridized carbons (Fsp3) is 0.667. The quantitative estimate of drug-likeness (QED) is 0.718. The van der Waals surface area contributed by atoms with Gasteiger partial charge in [0.05, 0.1) is 23.0 Å². The number of nitrogens with zero attached hydrogens (tertiary/aromatic N) is 2. The molecule has 0 N–H and O–H groups in total. The normalized spacial score (nSPS) is 35.4. The summed E-state index contributed by atoms with van der Waals surface area (Å²) < 4.78 is 14.0. The average molecular weight is 259 g/mol. The number of hydrogen-bond acceptors (Lipinski definition) is 3. The Morgan fingerprint density at radius 3 is 3.21 bits per heavy atom. The van der Waals surface area contributed by atoms with Crippen LogP contribution in [0.2, 0.25) is 0 Å². The van der Waals surface area contributed by atoms with Crippen LogP contribution in [0.5, 0.6) is 0 Å². The highest BCUT2D eigenvalue weighted by Gasteiger charge is 2.62. The molecule has 0 unspecified atom stereocenters. The third-order valence-electron chi connectivity index (χ3n) is 2.90. The monoisotopic (exact) mass is 258 g/mol. The van der Waals surface area contributed by atoms with E-state index >= 15 is 0 Å². The molecule has 14 heavy (non-hydrogen) atoms. The van der Waals surface area contributed by atoms with Crippen LogP contribution in [0.4, 0.5) is 0 Å². The van der Waals surface area contributed by atoms with Gasteiger partial charge in [-0.05, 0) is 28.8 Å². The Morgan fingerprint density at radius 2 is 2.57 bits per heavy atom. The van der Waals surface area contributed by atoms with Gasteiger partial charge in [0.2, 0.25) is 0 Å². The Labute approximate surface area is 90.3 Å². The lowest BCUT2D eigenvalue weighted by molar-refractivity contribution is 0.0415. The van der Waals surface area contributed by atoms with Crippen LogP contribution in [0.1, 0.15) is 18.5 Å². The van der Waals surface area contributed by atoms with Crippen LogP contribution in [0.15, 0.2) is 10.7 Å². The van der Waals surface area contributed by atoms with Crippen molar-refractivity contribution in [3.05, 3.63) is 16.4 Å². The van der Waals surface area contributed by atoms with E-state index in [0.717, 1.165) is 29.6 Å². The molecule has 0 amide bonds. The van der Waals surface area contributed by atoms with Crippen LogP contribution in [0, 0.1) is 0 Å². The summed E-state index contributed by atoms with van der Waals surface area (Å²) in [4.78, 5) is 0. The summed E-state index contributed by atoms with van der Waals surface area (Å²) >= 11 is 3.50. The van der Waals surface area contributed by atoms with E-state index < -0.39 is 0 Å². The van der Waals surface area contributed by atoms with Crippen LogP contribution in [-0.2, 0) is 22.1 Å². The predicted octanol–water partition coefficient (Wildman–Crippen LogP) is 1.54. The van der Waals surface area contributed by atoms with Crippen LogP contribution >= 0.6 is 15.9 Å². The number of hydrogen-bond donors (Lipinski definition) is 0. The molecule has 0 aliphatic carbocycles. The molecule has 1 aromatic heterocycles. The molecule has 4 nitrogen and oxygen atoms in total. The summed E-state index contributed by atoms with van der Waals surface area (Å²) in [7, 11) is 1.93. The molecular weight excluding hydrogens is 248 g/mol. The van der Waals surface area contributed by atoms with Crippen LogP contribution in [-0.4, -0.2) is 22.7 Å². The standard InChI is InChI=1S/C9H11BrN2O2/c1-12-7(6(10)5-11-12)9-3-2-4-13-8(9)14-9/h5,8H,2-4H2,1H3/t8-,9-/m0/s1. The van der Waals surface area contributed by atoms with Crippen molar-refractivity contribution < 1.29 is 9.47 Å². The van der Waals surface area contributed by atoms with Crippen molar-refractivity contribution in [2.24, 2.45) is 7.05 Å². The summed E-state index contributed by atoms with van der Waals surface area (Å²) in [6.07, 6.45) is 3.82. The first-order chi connectivity index (χ1) is 6.74. The van der Waals surface area contributed by atoms with Gasteiger partial charge in [0, 0.05) is 7.05 Å². The van der Waals surface area contributed by atoms with Gasteiger partial charge in [-0.2, -0.15) is 5.10 Å². The van der Waals surface area contributed by atoms with Crippen LogP contribution in [0.3, 0.4) is 0 Å². The number of ether oxygens (including phenoxy) is 2. The van der Waals surface area contributed by atoms with E-state index in [1.54, 1.807) is 6.20 Å². The fourth-order valence-corrected chi connectivity index (χ4v) is 2.88. The molecule has 0 bridgehead atoms. The second-order valence-corrected chi connectivity index (χ2v) is 4.63. The lowest BCUT2D eigenvalue weighted by Crippen LogP contribution is -2.24. The summed E-state index contributed by atoms with van der Waals surface area (Å²) in [5, 5.41) is 4.20. The summed E-state index contributed by atoms with van der Waals surface area (Å²) in [6.45, 7) is 0.807. The molecule has 0 radical (unpaired) electrons. The number of fused-ring (bicyclic) bond motifs is 1. The van der Waals surface area contributed by atoms with E-state index in [4.69, 9.17) is 9.47 Å². The highest BCUT2D eigenvalue weighted by Crippen LogP contribution is 2.54. The third kappa shape index (κ3) is 1.03. The number of aryl methyl sites for hydroxylation is 1. The second-order valence-electron chi connectivity index (χ2n) is 3.78. The Balaban J connectivity index is 2.03. The summed E-state index contributed by atoms with van der Waals surface area (Å²) in [6, 6.07) is 0. The van der Waals surface area contributed by atoms with E-state index in [-0.39, 0.29) is 11.9 Å². The van der Waals surface area contributed by atoms with Crippen molar-refractivity contribution in [1.82, 2.24) is 9.78 Å². The Morgan fingerprint density at radius 1 is 1.71 bits per heavy atom. The maximum atomic E-state index is 5.66. The minimum atomic E-state index is -0.220. The molecule has 3 rings (SSSR count). The Kier molecular flexibility index (Phi) is 1.78. The van der Waals surface area contributed by atoms with Gasteiger partial charge in [-0.15, -0.1) is 0 Å². The SMILES string of the molecule is Cn1ncc(Br)c1[C@@]12CCCO[C@H]1O2. The van der Waals surface area contributed by atoms with Gasteiger partial charge in [0.15, 0.2) is 11.9 Å². The molecule has 1 aromatic rings. The van der Waals surface area contributed by atoms with Crippen molar-refractivity contribution in [2.75, 3.05) is 6.61 Å². The van der Waals surface area contributed by atoms with E-state index in [9.17, 15) is 0 Å². The highest BCUT2D eigenvalue weighted by atomic mass is 79.9. The molecular formula is C9H11BrN2O2. The van der Waals surface area contributed by atoms with Gasteiger partial charge in [-0.25, -0.2) is 0 Å². The first-order valence-corrected chi connectivity index (χ1v) is 5.51. The van der Waals surface area contributed by atoms with Crippen LogP contribution in [0.25, 0.3) is 0 Å². The number of epoxide rings is 1. The van der Waals surface area contributed by atoms with Crippen molar-refractivity contribution >= 4 is 15.9 Å². The zero-order valence-corrected chi connectivity index (χ0v) is 9.45. The molecule has 2 atom stereocenters. The minimum Gasteiger partial charge on any atom is -0.349 e. The summed E-state index contributed by atoms with van der Waals surface area (Å²) in [5.74, 6) is 0.